The van der Waals surface area contributed by atoms with Crippen molar-refractivity contribution in [2.75, 3.05) is 13.2 Å². The highest BCUT2D eigenvalue weighted by Gasteiger charge is 2.50. The number of benzene rings is 1. The van der Waals surface area contributed by atoms with E-state index in [4.69, 9.17) is 4.74 Å². The highest BCUT2D eigenvalue weighted by atomic mass is 19.4. The van der Waals surface area contributed by atoms with Crippen LogP contribution in [0.4, 0.5) is 17.6 Å². The van der Waals surface area contributed by atoms with Crippen LogP contribution < -0.4 is 0 Å². The van der Waals surface area contributed by atoms with Gasteiger partial charge >= 0.3 is 18.1 Å². The molecule has 1 aromatic carbocycles. The number of hydrogen-bond donors (Lipinski definition) is 0. The Hall–Kier alpha value is -2.98. The van der Waals surface area contributed by atoms with Gasteiger partial charge in [-0.1, -0.05) is 30.3 Å². The molecule has 11 heteroatoms. The number of rotatable bonds is 9. The van der Waals surface area contributed by atoms with E-state index in [-0.39, 0.29) is 30.0 Å². The summed E-state index contributed by atoms with van der Waals surface area (Å²) in [6.07, 6.45) is -7.38. The summed E-state index contributed by atoms with van der Waals surface area (Å²) in [7, 11) is 0. The first-order valence-corrected chi connectivity index (χ1v) is 11.0. The van der Waals surface area contributed by atoms with Crippen LogP contribution in [0.3, 0.4) is 0 Å². The predicted molar refractivity (Wildman–Crippen MR) is 113 cm³/mol. The van der Waals surface area contributed by atoms with Gasteiger partial charge in [0.1, 0.15) is 18.3 Å². The van der Waals surface area contributed by atoms with E-state index in [1.54, 1.807) is 13.0 Å². The molecule has 0 aromatic heterocycles. The number of carbonyl (C=O) groups is 4. The maximum Gasteiger partial charge on any atom is 0.471 e. The molecule has 1 fully saturated rings. The van der Waals surface area contributed by atoms with E-state index in [0.29, 0.717) is 6.42 Å². The number of Topliss-reactive ketones (excluding diaryl/α,β-unsaturated/α-hetero) is 1. The molecule has 0 N–H and O–H groups in total. The SMILES string of the molecule is CCOC(=O)[C@@H]1CCCN1C(=O)[C@H](C)N(C(=O)C(F)(F)F)[C@@H](CC(F)c1ccccc1)C(C)=O. The summed E-state index contributed by atoms with van der Waals surface area (Å²) in [6, 6.07) is 2.84. The van der Waals surface area contributed by atoms with E-state index in [1.165, 1.54) is 24.3 Å². The lowest BCUT2D eigenvalue weighted by Crippen LogP contribution is -2.59. The standard InChI is InChI=1S/C23H28F4N2O5/c1-4-34-21(32)18-11-8-12-28(18)20(31)14(2)29(22(33)23(25,26)27)19(15(3)30)13-17(24)16-9-6-5-7-10-16/h5-7,9-10,14,17-19H,4,8,11-13H2,1-3H3/t14-,17?,18-,19-/m0/s1. The Morgan fingerprint density at radius 1 is 1.18 bits per heavy atom. The molecule has 1 aromatic rings. The van der Waals surface area contributed by atoms with Crippen LogP contribution in [-0.4, -0.2) is 70.8 Å². The van der Waals surface area contributed by atoms with Gasteiger partial charge in [-0.05, 0) is 39.2 Å². The largest absolute Gasteiger partial charge is 0.471 e. The number of halogens is 4. The molecule has 188 valence electrons. The molecule has 7 nitrogen and oxygen atoms in total. The lowest BCUT2D eigenvalue weighted by atomic mass is 9.97. The van der Waals surface area contributed by atoms with Crippen LogP contribution in [0.15, 0.2) is 30.3 Å². The van der Waals surface area contributed by atoms with E-state index < -0.39 is 60.5 Å². The molecule has 0 bridgehead atoms. The summed E-state index contributed by atoms with van der Waals surface area (Å²) in [6.45, 7) is 3.67. The van der Waals surface area contributed by atoms with E-state index in [9.17, 15) is 36.7 Å². The van der Waals surface area contributed by atoms with Gasteiger partial charge in [0.25, 0.3) is 0 Å². The topological polar surface area (TPSA) is 84.0 Å². The highest BCUT2D eigenvalue weighted by molar-refractivity contribution is 5.95. The average molecular weight is 488 g/mol. The van der Waals surface area contributed by atoms with Crippen molar-refractivity contribution in [3.8, 4) is 0 Å². The first-order valence-electron chi connectivity index (χ1n) is 11.0. The molecule has 0 radical (unpaired) electrons. The number of likely N-dealkylation sites (tertiary alicyclic amines) is 1. The van der Waals surface area contributed by atoms with Crippen molar-refractivity contribution in [2.45, 2.75) is 70.5 Å². The van der Waals surface area contributed by atoms with Gasteiger partial charge in [0.15, 0.2) is 5.78 Å². The third kappa shape index (κ3) is 6.32. The van der Waals surface area contributed by atoms with Crippen LogP contribution in [0.1, 0.15) is 51.8 Å². The van der Waals surface area contributed by atoms with Crippen molar-refractivity contribution >= 4 is 23.6 Å². The Balaban J connectivity index is 2.39. The summed E-state index contributed by atoms with van der Waals surface area (Å²) < 4.78 is 60.4. The number of nitrogens with zero attached hydrogens (tertiary/aromatic N) is 2. The Labute approximate surface area is 195 Å². The number of hydrogen-bond acceptors (Lipinski definition) is 5. The van der Waals surface area contributed by atoms with Crippen molar-refractivity contribution < 1.29 is 41.5 Å². The van der Waals surface area contributed by atoms with Crippen molar-refractivity contribution in [3.05, 3.63) is 35.9 Å². The molecule has 0 saturated carbocycles. The van der Waals surface area contributed by atoms with E-state index in [2.05, 4.69) is 0 Å². The fourth-order valence-electron chi connectivity index (χ4n) is 4.08. The Kier molecular flexibility index (Phi) is 9.17. The number of ether oxygens (including phenoxy) is 1. The summed E-state index contributed by atoms with van der Waals surface area (Å²) >= 11 is 0. The molecule has 1 heterocycles. The smallest absolute Gasteiger partial charge is 0.464 e. The lowest BCUT2D eigenvalue weighted by Gasteiger charge is -2.37. The maximum atomic E-state index is 15.0. The number of esters is 1. The van der Waals surface area contributed by atoms with Crippen LogP contribution in [0.5, 0.6) is 0 Å². The van der Waals surface area contributed by atoms with Gasteiger partial charge in [-0.2, -0.15) is 13.2 Å². The minimum atomic E-state index is -5.41. The van der Waals surface area contributed by atoms with Crippen LogP contribution in [0.25, 0.3) is 0 Å². The zero-order valence-corrected chi connectivity index (χ0v) is 19.2. The second-order valence-corrected chi connectivity index (χ2v) is 8.07. The van der Waals surface area contributed by atoms with Crippen molar-refractivity contribution in [1.82, 2.24) is 9.80 Å². The number of ketones is 1. The summed E-state index contributed by atoms with van der Waals surface area (Å²) in [4.78, 5) is 51.3. The molecule has 1 saturated heterocycles. The monoisotopic (exact) mass is 488 g/mol. The molecular formula is C23H28F4N2O5. The van der Waals surface area contributed by atoms with Crippen LogP contribution in [0, 0.1) is 0 Å². The third-order valence-corrected chi connectivity index (χ3v) is 5.74. The van der Waals surface area contributed by atoms with Crippen LogP contribution in [0.2, 0.25) is 0 Å². The lowest BCUT2D eigenvalue weighted by molar-refractivity contribution is -0.192. The first kappa shape index (κ1) is 27.3. The number of amides is 2. The molecule has 0 spiro atoms. The fraction of sp³-hybridized carbons (Fsp3) is 0.565. The van der Waals surface area contributed by atoms with Gasteiger partial charge in [0.05, 0.1) is 12.6 Å². The molecule has 1 unspecified atom stereocenters. The molecule has 1 aliphatic rings. The summed E-state index contributed by atoms with van der Waals surface area (Å²) in [5, 5.41) is 0. The quantitative estimate of drug-likeness (QED) is 0.393. The molecule has 34 heavy (non-hydrogen) atoms. The molecule has 4 atom stereocenters. The zero-order valence-electron chi connectivity index (χ0n) is 19.2. The first-order chi connectivity index (χ1) is 15.9. The fourth-order valence-corrected chi connectivity index (χ4v) is 4.08. The second-order valence-electron chi connectivity index (χ2n) is 8.07. The number of alkyl halides is 4. The van der Waals surface area contributed by atoms with Gasteiger partial charge in [0, 0.05) is 13.0 Å². The van der Waals surface area contributed by atoms with Gasteiger partial charge < -0.3 is 14.5 Å². The van der Waals surface area contributed by atoms with Gasteiger partial charge in [-0.15, -0.1) is 0 Å². The van der Waals surface area contributed by atoms with E-state index >= 15 is 0 Å². The van der Waals surface area contributed by atoms with Crippen LogP contribution in [-0.2, 0) is 23.9 Å². The summed E-state index contributed by atoms with van der Waals surface area (Å²) in [5.74, 6) is -4.99. The van der Waals surface area contributed by atoms with Crippen molar-refractivity contribution in [3.63, 3.8) is 0 Å². The van der Waals surface area contributed by atoms with Crippen molar-refractivity contribution in [1.29, 1.82) is 0 Å². The van der Waals surface area contributed by atoms with Crippen molar-refractivity contribution in [2.24, 2.45) is 0 Å². The Morgan fingerprint density at radius 3 is 2.32 bits per heavy atom. The predicted octanol–water partition coefficient (Wildman–Crippen LogP) is 3.38. The minimum absolute atomic E-state index is 0.0510. The van der Waals surface area contributed by atoms with Gasteiger partial charge in [0.2, 0.25) is 5.91 Å². The Morgan fingerprint density at radius 2 is 1.79 bits per heavy atom. The number of carbonyl (C=O) groups excluding carboxylic acids is 4. The minimum Gasteiger partial charge on any atom is -0.464 e. The van der Waals surface area contributed by atoms with Crippen LogP contribution >= 0.6 is 0 Å². The molecule has 1 aliphatic heterocycles. The molecule has 0 aliphatic carbocycles. The normalized spacial score (nSPS) is 18.7. The molecule has 2 amide bonds. The highest BCUT2D eigenvalue weighted by Crippen LogP contribution is 2.31. The maximum absolute atomic E-state index is 15.0. The molecule has 2 rings (SSSR count). The summed E-state index contributed by atoms with van der Waals surface area (Å²) in [5.41, 5.74) is 0.119. The second kappa shape index (κ2) is 11.4. The van der Waals surface area contributed by atoms with Gasteiger partial charge in [-0.3, -0.25) is 14.4 Å². The molecular weight excluding hydrogens is 460 g/mol. The van der Waals surface area contributed by atoms with Gasteiger partial charge in [-0.25, -0.2) is 9.18 Å². The van der Waals surface area contributed by atoms with E-state index in [1.807, 2.05) is 0 Å². The average Bonchev–Trinajstić information content (AvgIpc) is 3.27. The zero-order chi connectivity index (χ0) is 25.6. The Bertz CT molecular complexity index is 893. The van der Waals surface area contributed by atoms with E-state index in [0.717, 1.165) is 18.7 Å². The third-order valence-electron chi connectivity index (χ3n) is 5.74.